The molecular weight excluding hydrogens is 506 g/mol. The lowest BCUT2D eigenvalue weighted by Gasteiger charge is -2.28. The topological polar surface area (TPSA) is 123 Å². The van der Waals surface area contributed by atoms with Crippen LogP contribution >= 0.6 is 12.2 Å². The van der Waals surface area contributed by atoms with Crippen LogP contribution in [-0.2, 0) is 0 Å². The molecule has 0 aliphatic carbocycles. The number of rotatable bonds is 6. The Kier molecular flexibility index (Phi) is 7.18. The Morgan fingerprint density at radius 2 is 1.84 bits per heavy atom. The van der Waals surface area contributed by atoms with Gasteiger partial charge in [0.15, 0.2) is 10.7 Å². The predicted octanol–water partition coefficient (Wildman–Crippen LogP) is 5.53. The number of nitrogens with one attached hydrogen (secondary N) is 2. The Bertz CT molecular complexity index is 1510. The number of benzene rings is 3. The number of hydrogen-bond donors (Lipinski definition) is 2. The second-order valence-corrected chi connectivity index (χ2v) is 9.25. The van der Waals surface area contributed by atoms with Gasteiger partial charge in [-0.1, -0.05) is 0 Å². The summed E-state index contributed by atoms with van der Waals surface area (Å²) in [5.74, 6) is 0.625. The van der Waals surface area contributed by atoms with Gasteiger partial charge < -0.3 is 19.4 Å². The van der Waals surface area contributed by atoms with Crippen LogP contribution in [0.1, 0.15) is 29.6 Å². The fraction of sp³-hybridized carbons (Fsp3) is 0.222. The molecular formula is C27H25N5O5S. The summed E-state index contributed by atoms with van der Waals surface area (Å²) in [6.07, 6.45) is 3.10. The molecule has 2 heterocycles. The molecule has 2 N–H and O–H groups in total. The first-order valence-electron chi connectivity index (χ1n) is 12.1. The van der Waals surface area contributed by atoms with Gasteiger partial charge in [-0.25, -0.2) is 4.98 Å². The molecule has 1 amide bonds. The highest BCUT2D eigenvalue weighted by atomic mass is 32.1. The molecule has 4 aromatic rings. The van der Waals surface area contributed by atoms with Gasteiger partial charge in [0.2, 0.25) is 5.89 Å². The lowest BCUT2D eigenvalue weighted by Crippen LogP contribution is -2.34. The molecule has 1 aliphatic rings. The summed E-state index contributed by atoms with van der Waals surface area (Å²) in [6.45, 7) is 1.53. The molecule has 0 spiro atoms. The number of nitro benzene ring substituents is 1. The maximum atomic E-state index is 12.8. The Morgan fingerprint density at radius 1 is 1.08 bits per heavy atom. The van der Waals surface area contributed by atoms with Gasteiger partial charge >= 0.3 is 0 Å². The Balaban J connectivity index is 1.24. The van der Waals surface area contributed by atoms with E-state index in [1.54, 1.807) is 49.6 Å². The summed E-state index contributed by atoms with van der Waals surface area (Å²) in [6, 6.07) is 17.1. The average Bonchev–Trinajstić information content (AvgIpc) is 3.37. The number of fused-ring (bicyclic) bond motifs is 1. The summed E-state index contributed by atoms with van der Waals surface area (Å²) in [5, 5.41) is 17.3. The highest BCUT2D eigenvalue weighted by molar-refractivity contribution is 7.80. The molecule has 1 fully saturated rings. The van der Waals surface area contributed by atoms with E-state index >= 15 is 0 Å². The molecule has 1 aliphatic heterocycles. The number of carbonyl (C=O) groups excluding carboxylic acids is 1. The van der Waals surface area contributed by atoms with Gasteiger partial charge in [-0.2, -0.15) is 0 Å². The molecule has 0 atom stereocenters. The van der Waals surface area contributed by atoms with Gasteiger partial charge in [0.1, 0.15) is 17.0 Å². The first kappa shape index (κ1) is 25.2. The van der Waals surface area contributed by atoms with Crippen molar-refractivity contribution in [3.63, 3.8) is 0 Å². The molecule has 11 heteroatoms. The maximum Gasteiger partial charge on any atom is 0.293 e. The molecule has 0 unspecified atom stereocenters. The standard InChI is InChI=1S/C27H25N5O5S/c1-36-20-10-12-24-21(16-20)29-26(37-24)17-5-8-19(9-6-17)28-27(38)30-25(33)18-7-11-22(23(15-18)32(34)35)31-13-3-2-4-14-31/h5-12,15-16H,2-4,13-14H2,1H3,(H2,28,30,33,38). The van der Waals surface area contributed by atoms with Crippen molar-refractivity contribution in [1.82, 2.24) is 10.3 Å². The summed E-state index contributed by atoms with van der Waals surface area (Å²) in [4.78, 5) is 30.5. The normalized spacial score (nSPS) is 13.2. The molecule has 1 saturated heterocycles. The lowest BCUT2D eigenvalue weighted by molar-refractivity contribution is -0.384. The average molecular weight is 532 g/mol. The fourth-order valence-corrected chi connectivity index (χ4v) is 4.62. The Morgan fingerprint density at radius 3 is 2.55 bits per heavy atom. The molecule has 0 saturated carbocycles. The van der Waals surface area contributed by atoms with E-state index in [1.165, 1.54) is 6.07 Å². The number of amides is 1. The molecule has 5 rings (SSSR count). The van der Waals surface area contributed by atoms with Gasteiger partial charge in [-0.15, -0.1) is 0 Å². The minimum atomic E-state index is -0.533. The number of thiocarbonyl (C=S) groups is 1. The summed E-state index contributed by atoms with van der Waals surface area (Å²) in [7, 11) is 1.59. The van der Waals surface area contributed by atoms with Crippen molar-refractivity contribution in [2.75, 3.05) is 30.4 Å². The van der Waals surface area contributed by atoms with E-state index in [4.69, 9.17) is 21.4 Å². The predicted molar refractivity (Wildman–Crippen MR) is 149 cm³/mol. The quantitative estimate of drug-likeness (QED) is 0.188. The van der Waals surface area contributed by atoms with Crippen molar-refractivity contribution in [2.45, 2.75) is 19.3 Å². The smallest absolute Gasteiger partial charge is 0.293 e. The molecule has 194 valence electrons. The van der Waals surface area contributed by atoms with Crippen molar-refractivity contribution in [2.24, 2.45) is 0 Å². The monoisotopic (exact) mass is 531 g/mol. The number of methoxy groups -OCH3 is 1. The van der Waals surface area contributed by atoms with Crippen molar-refractivity contribution < 1.29 is 18.9 Å². The highest BCUT2D eigenvalue weighted by Gasteiger charge is 2.23. The molecule has 38 heavy (non-hydrogen) atoms. The van der Waals surface area contributed by atoms with E-state index < -0.39 is 10.8 Å². The van der Waals surface area contributed by atoms with Gasteiger partial charge in [-0.05, 0) is 80.0 Å². The molecule has 1 aromatic heterocycles. The first-order valence-corrected chi connectivity index (χ1v) is 12.5. The number of nitrogens with zero attached hydrogens (tertiary/aromatic N) is 3. The summed E-state index contributed by atoms with van der Waals surface area (Å²) < 4.78 is 11.1. The third-order valence-electron chi connectivity index (χ3n) is 6.34. The van der Waals surface area contributed by atoms with Crippen molar-refractivity contribution in [3.05, 3.63) is 76.3 Å². The van der Waals surface area contributed by atoms with Crippen LogP contribution in [0.3, 0.4) is 0 Å². The maximum absolute atomic E-state index is 12.8. The molecule has 10 nitrogen and oxygen atoms in total. The number of piperidine rings is 1. The lowest BCUT2D eigenvalue weighted by atomic mass is 10.1. The second-order valence-electron chi connectivity index (χ2n) is 8.85. The van der Waals surface area contributed by atoms with Gasteiger partial charge in [0.05, 0.1) is 12.0 Å². The van der Waals surface area contributed by atoms with Crippen LogP contribution in [-0.4, -0.2) is 41.1 Å². The number of ether oxygens (including phenoxy) is 1. The van der Waals surface area contributed by atoms with E-state index in [0.717, 1.165) is 37.9 Å². The number of oxazole rings is 1. The van der Waals surface area contributed by atoms with E-state index in [-0.39, 0.29) is 16.4 Å². The van der Waals surface area contributed by atoms with E-state index in [0.29, 0.717) is 34.1 Å². The van der Waals surface area contributed by atoms with Crippen LogP contribution in [0.5, 0.6) is 5.75 Å². The van der Waals surface area contributed by atoms with Crippen LogP contribution in [0.15, 0.2) is 65.1 Å². The van der Waals surface area contributed by atoms with Crippen molar-refractivity contribution >= 4 is 51.4 Å². The van der Waals surface area contributed by atoms with Crippen LogP contribution in [0.25, 0.3) is 22.6 Å². The third kappa shape index (κ3) is 5.42. The largest absolute Gasteiger partial charge is 0.497 e. The molecule has 0 radical (unpaired) electrons. The van der Waals surface area contributed by atoms with Gasteiger partial charge in [0, 0.05) is 42.0 Å². The number of nitro groups is 1. The Labute approximate surface area is 223 Å². The summed E-state index contributed by atoms with van der Waals surface area (Å²) >= 11 is 5.29. The van der Waals surface area contributed by atoms with E-state index in [2.05, 4.69) is 15.6 Å². The molecule has 0 bridgehead atoms. The minimum absolute atomic E-state index is 0.0690. The van der Waals surface area contributed by atoms with Crippen LogP contribution in [0, 0.1) is 10.1 Å². The fourth-order valence-electron chi connectivity index (χ4n) is 4.40. The third-order valence-corrected chi connectivity index (χ3v) is 6.55. The number of carbonyl (C=O) groups is 1. The van der Waals surface area contributed by atoms with Crippen LogP contribution in [0.4, 0.5) is 17.1 Å². The van der Waals surface area contributed by atoms with Crippen molar-refractivity contribution in [3.8, 4) is 17.2 Å². The molecule has 3 aromatic carbocycles. The Hall–Kier alpha value is -4.51. The highest BCUT2D eigenvalue weighted by Crippen LogP contribution is 2.31. The SMILES string of the molecule is COc1ccc2oc(-c3ccc(NC(=S)NC(=O)c4ccc(N5CCCCC5)c([N+](=O)[O-])c4)cc3)nc2c1. The minimum Gasteiger partial charge on any atom is -0.497 e. The summed E-state index contributed by atoms with van der Waals surface area (Å²) in [5.41, 5.74) is 3.34. The number of hydrogen-bond acceptors (Lipinski definition) is 8. The first-order chi connectivity index (χ1) is 18.4. The van der Waals surface area contributed by atoms with E-state index in [9.17, 15) is 14.9 Å². The zero-order valence-corrected chi connectivity index (χ0v) is 21.4. The zero-order chi connectivity index (χ0) is 26.6. The second kappa shape index (κ2) is 10.9. The number of anilines is 2. The van der Waals surface area contributed by atoms with E-state index in [1.807, 2.05) is 17.0 Å². The van der Waals surface area contributed by atoms with Crippen LogP contribution < -0.4 is 20.3 Å². The van der Waals surface area contributed by atoms with Gasteiger partial charge in [-0.3, -0.25) is 20.2 Å². The van der Waals surface area contributed by atoms with Gasteiger partial charge in [0.25, 0.3) is 11.6 Å². The van der Waals surface area contributed by atoms with Crippen LogP contribution in [0.2, 0.25) is 0 Å². The zero-order valence-electron chi connectivity index (χ0n) is 20.6. The number of aromatic nitrogens is 1. The van der Waals surface area contributed by atoms with Crippen molar-refractivity contribution in [1.29, 1.82) is 0 Å².